The number of carboxylic acids is 1. The molecule has 2 rings (SSSR count). The van der Waals surface area contributed by atoms with Crippen LogP contribution in [0.1, 0.15) is 10.4 Å². The van der Waals surface area contributed by atoms with Crippen LogP contribution in [0.15, 0.2) is 48.5 Å². The van der Waals surface area contributed by atoms with Crippen LogP contribution in [0.2, 0.25) is 0 Å². The highest BCUT2D eigenvalue weighted by Crippen LogP contribution is 2.20. The molecule has 22 heavy (non-hydrogen) atoms. The molecule has 0 atom stereocenters. The normalized spacial score (nSPS) is 10.5. The largest absolute Gasteiger partial charge is 0.492 e. The Hall–Kier alpha value is -2.53. The molecule has 0 spiro atoms. The van der Waals surface area contributed by atoms with Crippen molar-refractivity contribution in [1.29, 1.82) is 0 Å². The first-order chi connectivity index (χ1) is 10.5. The number of carboxylic acid groups (broad SMARTS) is 1. The fraction of sp³-hybridized carbons (Fsp3) is 0.235. The molecular formula is C17H20N2O3. The SMILES string of the molecule is CN(C)CCOc1ccc(Nc2ccc(C(=O)O)cc2)cc1. The van der Waals surface area contributed by atoms with Crippen LogP contribution in [0.4, 0.5) is 11.4 Å². The summed E-state index contributed by atoms with van der Waals surface area (Å²) in [6.07, 6.45) is 0. The third-order valence-electron chi connectivity index (χ3n) is 3.08. The average Bonchev–Trinajstić information content (AvgIpc) is 2.49. The van der Waals surface area contributed by atoms with Gasteiger partial charge in [-0.25, -0.2) is 4.79 Å². The molecule has 0 unspecified atom stereocenters. The Morgan fingerprint density at radius 3 is 2.09 bits per heavy atom. The Labute approximate surface area is 130 Å². The Morgan fingerprint density at radius 2 is 1.59 bits per heavy atom. The predicted molar refractivity (Wildman–Crippen MR) is 87.2 cm³/mol. The molecule has 2 N–H and O–H groups in total. The minimum Gasteiger partial charge on any atom is -0.492 e. The van der Waals surface area contributed by atoms with Gasteiger partial charge in [0.05, 0.1) is 5.56 Å². The number of hydrogen-bond acceptors (Lipinski definition) is 4. The van der Waals surface area contributed by atoms with Gasteiger partial charge in [0.15, 0.2) is 0 Å². The van der Waals surface area contributed by atoms with Gasteiger partial charge < -0.3 is 20.1 Å². The Bertz CT molecular complexity index is 607. The zero-order chi connectivity index (χ0) is 15.9. The monoisotopic (exact) mass is 300 g/mol. The van der Waals surface area contributed by atoms with E-state index < -0.39 is 5.97 Å². The summed E-state index contributed by atoms with van der Waals surface area (Å²) in [7, 11) is 4.01. The lowest BCUT2D eigenvalue weighted by Gasteiger charge is -2.12. The molecule has 0 bridgehead atoms. The first-order valence-corrected chi connectivity index (χ1v) is 7.02. The molecule has 0 saturated carbocycles. The molecule has 0 aliphatic rings. The summed E-state index contributed by atoms with van der Waals surface area (Å²) in [6.45, 7) is 1.52. The highest BCUT2D eigenvalue weighted by molar-refractivity contribution is 5.88. The number of hydrogen-bond donors (Lipinski definition) is 2. The molecular weight excluding hydrogens is 280 g/mol. The standard InChI is InChI=1S/C17H20N2O3/c1-19(2)11-12-22-16-9-7-15(8-10-16)18-14-5-3-13(4-6-14)17(20)21/h3-10,18H,11-12H2,1-2H3,(H,20,21). The molecule has 116 valence electrons. The second-order valence-electron chi connectivity index (χ2n) is 5.18. The molecule has 2 aromatic rings. The molecule has 0 aliphatic carbocycles. The Kier molecular flexibility index (Phi) is 5.38. The zero-order valence-electron chi connectivity index (χ0n) is 12.7. The number of likely N-dealkylation sites (N-methyl/N-ethyl adjacent to an activating group) is 1. The van der Waals surface area contributed by atoms with Gasteiger partial charge >= 0.3 is 5.97 Å². The molecule has 0 heterocycles. The van der Waals surface area contributed by atoms with Crippen molar-refractivity contribution >= 4 is 17.3 Å². The molecule has 0 amide bonds. The van der Waals surface area contributed by atoms with Gasteiger partial charge in [-0.3, -0.25) is 0 Å². The van der Waals surface area contributed by atoms with E-state index in [0.717, 1.165) is 23.7 Å². The number of benzene rings is 2. The average molecular weight is 300 g/mol. The molecule has 0 fully saturated rings. The third-order valence-corrected chi connectivity index (χ3v) is 3.08. The Balaban J connectivity index is 1.91. The van der Waals surface area contributed by atoms with Crippen LogP contribution in [0.25, 0.3) is 0 Å². The number of carbonyl (C=O) groups is 1. The van der Waals surface area contributed by atoms with Crippen LogP contribution in [-0.4, -0.2) is 43.2 Å². The van der Waals surface area contributed by atoms with Gasteiger partial charge in [-0.15, -0.1) is 0 Å². The summed E-state index contributed by atoms with van der Waals surface area (Å²) in [5.74, 6) is -0.0978. The quantitative estimate of drug-likeness (QED) is 0.823. The third kappa shape index (κ3) is 4.79. The summed E-state index contributed by atoms with van der Waals surface area (Å²) in [5.41, 5.74) is 2.03. The maximum absolute atomic E-state index is 10.8. The summed E-state index contributed by atoms with van der Waals surface area (Å²) in [5, 5.41) is 12.1. The number of rotatable bonds is 7. The van der Waals surface area contributed by atoms with Gasteiger partial charge in [0.25, 0.3) is 0 Å². The minimum absolute atomic E-state index is 0.273. The first kappa shape index (κ1) is 15.9. The van der Waals surface area contributed by atoms with E-state index in [-0.39, 0.29) is 5.56 Å². The molecule has 2 aromatic carbocycles. The van der Waals surface area contributed by atoms with E-state index >= 15 is 0 Å². The molecule has 5 nitrogen and oxygen atoms in total. The van der Waals surface area contributed by atoms with Crippen LogP contribution in [0.5, 0.6) is 5.75 Å². The van der Waals surface area contributed by atoms with E-state index in [1.54, 1.807) is 24.3 Å². The van der Waals surface area contributed by atoms with E-state index in [1.165, 1.54) is 0 Å². The van der Waals surface area contributed by atoms with Gasteiger partial charge in [-0.05, 0) is 62.6 Å². The van der Waals surface area contributed by atoms with Crippen molar-refractivity contribution < 1.29 is 14.6 Å². The van der Waals surface area contributed by atoms with Crippen molar-refractivity contribution in [3.05, 3.63) is 54.1 Å². The molecule has 0 radical (unpaired) electrons. The lowest BCUT2D eigenvalue weighted by atomic mass is 10.2. The van der Waals surface area contributed by atoms with Crippen molar-refractivity contribution in [2.24, 2.45) is 0 Å². The number of nitrogens with zero attached hydrogens (tertiary/aromatic N) is 1. The van der Waals surface area contributed by atoms with Crippen LogP contribution in [-0.2, 0) is 0 Å². The molecule has 0 aromatic heterocycles. The lowest BCUT2D eigenvalue weighted by molar-refractivity contribution is 0.0697. The maximum atomic E-state index is 10.8. The van der Waals surface area contributed by atoms with Crippen molar-refractivity contribution in [3.63, 3.8) is 0 Å². The van der Waals surface area contributed by atoms with Gasteiger partial charge in [0.2, 0.25) is 0 Å². The summed E-state index contributed by atoms with van der Waals surface area (Å²) < 4.78 is 5.63. The molecule has 5 heteroatoms. The van der Waals surface area contributed by atoms with Crippen molar-refractivity contribution in [3.8, 4) is 5.75 Å². The van der Waals surface area contributed by atoms with Gasteiger partial charge in [0, 0.05) is 17.9 Å². The second-order valence-corrected chi connectivity index (χ2v) is 5.18. The van der Waals surface area contributed by atoms with E-state index in [0.29, 0.717) is 6.61 Å². The minimum atomic E-state index is -0.925. The fourth-order valence-electron chi connectivity index (χ4n) is 1.84. The van der Waals surface area contributed by atoms with Gasteiger partial charge in [-0.2, -0.15) is 0 Å². The van der Waals surface area contributed by atoms with Crippen LogP contribution in [0, 0.1) is 0 Å². The highest BCUT2D eigenvalue weighted by Gasteiger charge is 2.02. The van der Waals surface area contributed by atoms with Crippen molar-refractivity contribution in [1.82, 2.24) is 4.90 Å². The van der Waals surface area contributed by atoms with Gasteiger partial charge in [-0.1, -0.05) is 0 Å². The van der Waals surface area contributed by atoms with Crippen LogP contribution >= 0.6 is 0 Å². The summed E-state index contributed by atoms with van der Waals surface area (Å²) in [6, 6.07) is 14.3. The number of ether oxygens (including phenoxy) is 1. The van der Waals surface area contributed by atoms with Crippen molar-refractivity contribution in [2.75, 3.05) is 32.6 Å². The van der Waals surface area contributed by atoms with E-state index in [9.17, 15) is 4.79 Å². The molecule has 0 saturated heterocycles. The van der Waals surface area contributed by atoms with E-state index in [1.807, 2.05) is 38.4 Å². The maximum Gasteiger partial charge on any atom is 0.335 e. The lowest BCUT2D eigenvalue weighted by Crippen LogP contribution is -2.19. The zero-order valence-corrected chi connectivity index (χ0v) is 12.7. The van der Waals surface area contributed by atoms with Gasteiger partial charge in [0.1, 0.15) is 12.4 Å². The highest BCUT2D eigenvalue weighted by atomic mass is 16.5. The van der Waals surface area contributed by atoms with E-state index in [2.05, 4.69) is 10.2 Å². The number of anilines is 2. The summed E-state index contributed by atoms with van der Waals surface area (Å²) in [4.78, 5) is 12.9. The molecule has 0 aliphatic heterocycles. The van der Waals surface area contributed by atoms with Crippen molar-refractivity contribution in [2.45, 2.75) is 0 Å². The second kappa shape index (κ2) is 7.47. The number of aromatic carboxylic acids is 1. The van der Waals surface area contributed by atoms with E-state index in [4.69, 9.17) is 9.84 Å². The number of nitrogens with one attached hydrogen (secondary N) is 1. The van der Waals surface area contributed by atoms with Crippen LogP contribution < -0.4 is 10.1 Å². The predicted octanol–water partition coefficient (Wildman–Crippen LogP) is 3.07. The Morgan fingerprint density at radius 1 is 1.05 bits per heavy atom. The van der Waals surface area contributed by atoms with Crippen LogP contribution in [0.3, 0.4) is 0 Å². The first-order valence-electron chi connectivity index (χ1n) is 7.02. The summed E-state index contributed by atoms with van der Waals surface area (Å²) >= 11 is 0. The smallest absolute Gasteiger partial charge is 0.335 e. The topological polar surface area (TPSA) is 61.8 Å². The fourth-order valence-corrected chi connectivity index (χ4v) is 1.84.